The van der Waals surface area contributed by atoms with Crippen molar-refractivity contribution in [1.82, 2.24) is 9.97 Å². The number of carboxylic acid groups (broad SMARTS) is 1. The number of aliphatic hydroxyl groups is 1. The molecule has 0 radical (unpaired) electrons. The molecule has 2 atom stereocenters. The van der Waals surface area contributed by atoms with E-state index in [0.29, 0.717) is 25.3 Å². The molecule has 2 aromatic rings. The summed E-state index contributed by atoms with van der Waals surface area (Å²) in [5.41, 5.74) is 0.820. The Morgan fingerprint density at radius 3 is 2.50 bits per heavy atom. The second-order valence-corrected chi connectivity index (χ2v) is 6.98. The van der Waals surface area contributed by atoms with E-state index in [-0.39, 0.29) is 6.54 Å². The highest BCUT2D eigenvalue weighted by atomic mass is 16.4. The van der Waals surface area contributed by atoms with Crippen molar-refractivity contribution in [3.63, 3.8) is 0 Å². The van der Waals surface area contributed by atoms with Crippen LogP contribution in [0, 0.1) is 5.41 Å². The number of aromatic nitrogens is 2. The van der Waals surface area contributed by atoms with Gasteiger partial charge in [0.25, 0.3) is 0 Å². The van der Waals surface area contributed by atoms with E-state index in [9.17, 15) is 15.0 Å². The van der Waals surface area contributed by atoms with E-state index < -0.39 is 17.5 Å². The van der Waals surface area contributed by atoms with E-state index in [0.717, 1.165) is 24.0 Å². The Bertz CT molecular complexity index is 736. The van der Waals surface area contributed by atoms with Gasteiger partial charge >= 0.3 is 5.97 Å². The average Bonchev–Trinajstić information content (AvgIpc) is 2.65. The molecular weight excluding hydrogens is 330 g/mol. The number of aliphatic hydroxyl groups excluding tert-OH is 1. The number of carboxylic acids is 1. The van der Waals surface area contributed by atoms with Gasteiger partial charge in [-0.1, -0.05) is 43.7 Å². The molecule has 1 aliphatic heterocycles. The first kappa shape index (κ1) is 18.3. The Kier molecular flexibility index (Phi) is 5.52. The number of carbonyl (C=O) groups is 1. The van der Waals surface area contributed by atoms with Crippen molar-refractivity contribution in [2.45, 2.75) is 38.7 Å². The van der Waals surface area contributed by atoms with Crippen LogP contribution in [0.25, 0.3) is 0 Å². The summed E-state index contributed by atoms with van der Waals surface area (Å²) in [6.45, 7) is 2.82. The van der Waals surface area contributed by atoms with E-state index in [1.807, 2.05) is 35.2 Å². The fraction of sp³-hybridized carbons (Fsp3) is 0.450. The van der Waals surface area contributed by atoms with Gasteiger partial charge < -0.3 is 15.1 Å². The summed E-state index contributed by atoms with van der Waals surface area (Å²) in [5, 5.41) is 20.6. The molecular formula is C20H25N3O3. The number of anilines is 1. The van der Waals surface area contributed by atoms with Crippen LogP contribution in [0.2, 0.25) is 0 Å². The van der Waals surface area contributed by atoms with Gasteiger partial charge in [-0.05, 0) is 30.4 Å². The molecule has 1 aromatic carbocycles. The minimum atomic E-state index is -1.18. The summed E-state index contributed by atoms with van der Waals surface area (Å²) in [5.74, 6) is -0.407. The number of rotatable bonds is 6. The van der Waals surface area contributed by atoms with Crippen LogP contribution in [0.15, 0.2) is 42.7 Å². The summed E-state index contributed by atoms with van der Waals surface area (Å²) in [6.07, 6.45) is 5.25. The van der Waals surface area contributed by atoms with Gasteiger partial charge in [-0.25, -0.2) is 9.97 Å². The summed E-state index contributed by atoms with van der Waals surface area (Å²) in [6, 6.07) is 9.48. The Morgan fingerprint density at radius 1 is 1.23 bits per heavy atom. The number of β-amino-alcohol motifs (C(OH)–C–C–N with tert-alkyl or cyclic N) is 1. The highest BCUT2D eigenvalue weighted by Crippen LogP contribution is 2.36. The lowest BCUT2D eigenvalue weighted by atomic mass is 9.72. The van der Waals surface area contributed by atoms with Crippen LogP contribution in [-0.4, -0.2) is 45.3 Å². The molecule has 0 aliphatic carbocycles. The third kappa shape index (κ3) is 3.70. The van der Waals surface area contributed by atoms with Crippen molar-refractivity contribution in [3.05, 3.63) is 53.9 Å². The topological polar surface area (TPSA) is 86.6 Å². The lowest BCUT2D eigenvalue weighted by molar-refractivity contribution is -0.158. The Hall–Kier alpha value is -2.47. The van der Waals surface area contributed by atoms with Crippen LogP contribution in [-0.2, 0) is 17.6 Å². The molecule has 0 saturated carbocycles. The number of aliphatic carboxylic acids is 1. The van der Waals surface area contributed by atoms with Gasteiger partial charge in [0.15, 0.2) is 0 Å². The number of aryl methyl sites for hydroxylation is 1. The number of hydrogen-bond donors (Lipinski definition) is 2. The number of nitrogens with zero attached hydrogens (tertiary/aromatic N) is 3. The van der Waals surface area contributed by atoms with Crippen LogP contribution in [0.5, 0.6) is 0 Å². The number of piperidine rings is 1. The molecule has 26 heavy (non-hydrogen) atoms. The van der Waals surface area contributed by atoms with Crippen molar-refractivity contribution >= 4 is 11.9 Å². The maximum atomic E-state index is 12.0. The molecule has 6 nitrogen and oxygen atoms in total. The largest absolute Gasteiger partial charge is 0.481 e. The monoisotopic (exact) mass is 355 g/mol. The zero-order chi connectivity index (χ0) is 18.6. The van der Waals surface area contributed by atoms with Crippen LogP contribution >= 0.6 is 0 Å². The lowest BCUT2D eigenvalue weighted by Gasteiger charge is -2.42. The third-order valence-electron chi connectivity index (χ3n) is 5.16. The fourth-order valence-corrected chi connectivity index (χ4v) is 3.58. The molecule has 0 unspecified atom stereocenters. The molecule has 138 valence electrons. The van der Waals surface area contributed by atoms with Crippen molar-refractivity contribution in [1.29, 1.82) is 0 Å². The second-order valence-electron chi connectivity index (χ2n) is 6.98. The van der Waals surface area contributed by atoms with Crippen LogP contribution < -0.4 is 4.90 Å². The minimum absolute atomic E-state index is 0.215. The zero-order valence-corrected chi connectivity index (χ0v) is 15.0. The second kappa shape index (κ2) is 7.83. The predicted molar refractivity (Wildman–Crippen MR) is 99.1 cm³/mol. The molecule has 1 saturated heterocycles. The molecule has 3 rings (SSSR count). The fourth-order valence-electron chi connectivity index (χ4n) is 3.58. The summed E-state index contributed by atoms with van der Waals surface area (Å²) >= 11 is 0. The van der Waals surface area contributed by atoms with E-state index in [1.165, 1.54) is 0 Å². The highest BCUT2D eigenvalue weighted by Gasteiger charge is 2.49. The Labute approximate surface area is 153 Å². The van der Waals surface area contributed by atoms with E-state index in [2.05, 4.69) is 16.9 Å². The normalized spacial score (nSPS) is 23.0. The minimum Gasteiger partial charge on any atom is -0.481 e. The predicted octanol–water partition coefficient (Wildman–Crippen LogP) is 2.31. The van der Waals surface area contributed by atoms with Crippen LogP contribution in [0.3, 0.4) is 0 Å². The smallest absolute Gasteiger partial charge is 0.312 e. The van der Waals surface area contributed by atoms with Crippen molar-refractivity contribution in [2.24, 2.45) is 5.41 Å². The molecule has 1 aliphatic rings. The van der Waals surface area contributed by atoms with Gasteiger partial charge in [-0.2, -0.15) is 0 Å². The molecule has 1 aromatic heterocycles. The van der Waals surface area contributed by atoms with Gasteiger partial charge in [-0.3, -0.25) is 4.79 Å². The summed E-state index contributed by atoms with van der Waals surface area (Å²) < 4.78 is 0. The molecule has 6 heteroatoms. The lowest BCUT2D eigenvalue weighted by Crippen LogP contribution is -2.56. The Morgan fingerprint density at radius 2 is 1.92 bits per heavy atom. The number of hydrogen-bond acceptors (Lipinski definition) is 5. The Balaban J connectivity index is 1.75. The van der Waals surface area contributed by atoms with E-state index in [1.54, 1.807) is 12.4 Å². The average molecular weight is 355 g/mol. The van der Waals surface area contributed by atoms with Gasteiger partial charge in [0, 0.05) is 25.5 Å². The van der Waals surface area contributed by atoms with Gasteiger partial charge in [-0.15, -0.1) is 0 Å². The molecule has 0 amide bonds. The summed E-state index contributed by atoms with van der Waals surface area (Å²) in [7, 11) is 0. The molecule has 0 bridgehead atoms. The SMILES string of the molecule is CCCc1cnc(N2CC[C@](Cc3ccccc3)(C(=O)O)[C@@H](O)C2)nc1. The van der Waals surface area contributed by atoms with E-state index >= 15 is 0 Å². The standard InChI is InChI=1S/C20H25N3O3/c1-2-6-16-12-21-19(22-13-16)23-10-9-20(18(25)26,17(24)14-23)11-15-7-4-3-5-8-15/h3-5,7-8,12-13,17,24H,2,6,9-11,14H2,1H3,(H,25,26)/t17-,20+/m0/s1. The molecule has 2 heterocycles. The van der Waals surface area contributed by atoms with Crippen LogP contribution in [0.4, 0.5) is 5.95 Å². The van der Waals surface area contributed by atoms with Crippen molar-refractivity contribution in [2.75, 3.05) is 18.0 Å². The van der Waals surface area contributed by atoms with Crippen molar-refractivity contribution in [3.8, 4) is 0 Å². The van der Waals surface area contributed by atoms with Gasteiger partial charge in [0.1, 0.15) is 5.41 Å². The van der Waals surface area contributed by atoms with Crippen molar-refractivity contribution < 1.29 is 15.0 Å². The first-order valence-corrected chi connectivity index (χ1v) is 9.06. The van der Waals surface area contributed by atoms with Gasteiger partial charge in [0.05, 0.1) is 6.10 Å². The van der Waals surface area contributed by atoms with E-state index in [4.69, 9.17) is 0 Å². The number of benzene rings is 1. The highest BCUT2D eigenvalue weighted by molar-refractivity contribution is 5.76. The molecule has 0 spiro atoms. The first-order chi connectivity index (χ1) is 12.5. The maximum Gasteiger partial charge on any atom is 0.312 e. The first-order valence-electron chi connectivity index (χ1n) is 9.06. The zero-order valence-electron chi connectivity index (χ0n) is 15.0. The molecule has 2 N–H and O–H groups in total. The third-order valence-corrected chi connectivity index (χ3v) is 5.16. The van der Waals surface area contributed by atoms with Crippen LogP contribution in [0.1, 0.15) is 30.9 Å². The van der Waals surface area contributed by atoms with Gasteiger partial charge in [0.2, 0.25) is 5.95 Å². The summed E-state index contributed by atoms with van der Waals surface area (Å²) in [4.78, 5) is 22.7. The quantitative estimate of drug-likeness (QED) is 0.827. The maximum absolute atomic E-state index is 12.0. The molecule has 1 fully saturated rings.